The average molecular weight is 1090 g/mol. The molecule has 8 bridgehead atoms. The van der Waals surface area contributed by atoms with Crippen LogP contribution in [0.5, 0.6) is 23.0 Å². The molecular formula is C58H78N2O10S4. The second-order valence-electron chi connectivity index (χ2n) is 22.1. The van der Waals surface area contributed by atoms with Gasteiger partial charge in [-0.2, -0.15) is 0 Å². The fraction of sp³-hybridized carbons (Fsp3) is 0.517. The molecule has 0 saturated heterocycles. The number of esters is 2. The molecule has 1 aliphatic rings. The lowest BCUT2D eigenvalue weighted by Crippen LogP contribution is -2.29. The first-order valence-electron chi connectivity index (χ1n) is 25.5. The fourth-order valence-electron chi connectivity index (χ4n) is 7.26. The molecule has 0 atom stereocenters. The Balaban J connectivity index is 2.03. The molecule has 4 aromatic carbocycles. The lowest BCUT2D eigenvalue weighted by molar-refractivity contribution is -0.146. The van der Waals surface area contributed by atoms with E-state index in [2.05, 4.69) is 142 Å². The number of hydrogen-bond acceptors (Lipinski definition) is 14. The van der Waals surface area contributed by atoms with Crippen molar-refractivity contribution >= 4 is 70.8 Å². The van der Waals surface area contributed by atoms with Gasteiger partial charge in [0.1, 0.15) is 23.0 Å². The molecule has 0 radical (unpaired) electrons. The summed E-state index contributed by atoms with van der Waals surface area (Å²) in [6.07, 6.45) is 1.52. The highest BCUT2D eigenvalue weighted by Gasteiger charge is 2.31. The second kappa shape index (κ2) is 25.9. The predicted octanol–water partition coefficient (Wildman–Crippen LogP) is 13.5. The van der Waals surface area contributed by atoms with Gasteiger partial charge in [0.05, 0.1) is 52.4 Å². The van der Waals surface area contributed by atoms with Crippen LogP contribution in [0, 0.1) is 0 Å². The van der Waals surface area contributed by atoms with Gasteiger partial charge in [-0.25, -0.2) is 9.59 Å². The molecule has 16 heteroatoms. The quantitative estimate of drug-likeness (QED) is 0.0802. The molecule has 0 saturated carbocycles. The SMILES string of the molecule is CCCNC(=O)COc1c2cc(C(C)(C)C)cc1Sc1cc(C(C)(C)C)cc(c1OCC(=O)OCC)Sc1cc(C(C)(C)C)cc(c1OCC(=O)NCCC)Sc1cc(C(C)(C)C)cc(c1OCC(=O)OCC)S2. The maximum Gasteiger partial charge on any atom is 0.344 e. The van der Waals surface area contributed by atoms with E-state index in [-0.39, 0.29) is 73.1 Å². The van der Waals surface area contributed by atoms with E-state index in [0.29, 0.717) is 75.3 Å². The molecule has 12 nitrogen and oxygen atoms in total. The van der Waals surface area contributed by atoms with Gasteiger partial charge in [0.2, 0.25) is 0 Å². The highest BCUT2D eigenvalue weighted by atomic mass is 32.2. The Bertz CT molecular complexity index is 2380. The molecule has 404 valence electrons. The third kappa shape index (κ3) is 16.7. The van der Waals surface area contributed by atoms with Crippen LogP contribution in [-0.4, -0.2) is 76.5 Å². The van der Waals surface area contributed by atoms with Crippen LogP contribution in [-0.2, 0) is 50.3 Å². The van der Waals surface area contributed by atoms with Gasteiger partial charge < -0.3 is 39.1 Å². The summed E-state index contributed by atoms with van der Waals surface area (Å²) in [6.45, 7) is 33.4. The number of fused-ring (bicyclic) bond motifs is 8. The molecule has 0 spiro atoms. The van der Waals surface area contributed by atoms with Gasteiger partial charge in [-0.15, -0.1) is 0 Å². The summed E-state index contributed by atoms with van der Waals surface area (Å²) in [5.41, 5.74) is 2.50. The number of rotatable bonds is 18. The number of nitrogens with one attached hydrogen (secondary N) is 2. The molecule has 2 amide bonds. The number of carbonyl (C=O) groups excluding carboxylic acids is 4. The molecular weight excluding hydrogens is 1010 g/mol. The first-order chi connectivity index (χ1) is 34.7. The lowest BCUT2D eigenvalue weighted by atomic mass is 9.87. The number of ether oxygens (including phenoxy) is 6. The summed E-state index contributed by atoms with van der Waals surface area (Å²) in [7, 11) is 0. The van der Waals surface area contributed by atoms with Crippen LogP contribution in [0.15, 0.2) is 87.7 Å². The summed E-state index contributed by atoms with van der Waals surface area (Å²) in [6, 6.07) is 16.8. The Hall–Kier alpha value is -4.64. The van der Waals surface area contributed by atoms with Crippen LogP contribution in [0.25, 0.3) is 0 Å². The van der Waals surface area contributed by atoms with Gasteiger partial charge in [-0.1, -0.05) is 144 Å². The molecule has 1 aliphatic heterocycles. The van der Waals surface area contributed by atoms with E-state index >= 15 is 0 Å². The van der Waals surface area contributed by atoms with Crippen LogP contribution in [0.3, 0.4) is 0 Å². The molecule has 5 rings (SSSR count). The first kappa shape index (κ1) is 60.2. The maximum atomic E-state index is 13.5. The molecule has 4 aromatic rings. The average Bonchev–Trinajstić information content (AvgIpc) is 3.29. The Morgan fingerprint density at radius 2 is 0.595 bits per heavy atom. The zero-order valence-electron chi connectivity index (χ0n) is 46.4. The van der Waals surface area contributed by atoms with Crippen molar-refractivity contribution in [3.63, 3.8) is 0 Å². The standard InChI is InChI=1S/C58H78N2O10S4/c1-17-21-59-47(61)31-67-51-39-23-35(55(5,6)7)24-40(51)72-44-28-38(58(14,15)16)30-46(54(44)70-34-50(64)66-20-4)74-42-26-36(56(8,9)10)25-41(52(42)68-32-48(62)60-22-18-2)73-45-29-37(57(11,12)13)27-43(71-39)53(45)69-33-49(63)65-19-3/h23-30H,17-22,31-34H2,1-16H3,(H,59,61)(H,60,62). The van der Waals surface area contributed by atoms with Gasteiger partial charge in [-0.05, 0) is 119 Å². The van der Waals surface area contributed by atoms with E-state index in [1.807, 2.05) is 13.8 Å². The number of carbonyl (C=O) groups is 4. The lowest BCUT2D eigenvalue weighted by Gasteiger charge is -2.28. The second-order valence-corrected chi connectivity index (χ2v) is 26.4. The molecule has 0 aromatic heterocycles. The molecule has 2 N–H and O–H groups in total. The summed E-state index contributed by atoms with van der Waals surface area (Å²) in [5.74, 6) is 0.212. The van der Waals surface area contributed by atoms with Gasteiger partial charge in [-0.3, -0.25) is 9.59 Å². The van der Waals surface area contributed by atoms with Crippen molar-refractivity contribution in [1.29, 1.82) is 0 Å². The van der Waals surface area contributed by atoms with E-state index in [1.165, 1.54) is 47.0 Å². The van der Waals surface area contributed by atoms with Crippen molar-refractivity contribution in [1.82, 2.24) is 10.6 Å². The van der Waals surface area contributed by atoms with Crippen LogP contribution in [0.1, 0.15) is 146 Å². The summed E-state index contributed by atoms with van der Waals surface area (Å²) >= 11 is 5.69. The van der Waals surface area contributed by atoms with Crippen LogP contribution in [0.2, 0.25) is 0 Å². The molecule has 74 heavy (non-hydrogen) atoms. The zero-order valence-corrected chi connectivity index (χ0v) is 49.7. The van der Waals surface area contributed by atoms with Gasteiger partial charge in [0.25, 0.3) is 11.8 Å². The van der Waals surface area contributed by atoms with E-state index < -0.39 is 11.9 Å². The molecule has 0 fully saturated rings. The largest absolute Gasteiger partial charge is 0.481 e. The van der Waals surface area contributed by atoms with Crippen LogP contribution in [0.4, 0.5) is 0 Å². The molecule has 0 unspecified atom stereocenters. The van der Waals surface area contributed by atoms with E-state index in [0.717, 1.165) is 35.1 Å². The van der Waals surface area contributed by atoms with Crippen molar-refractivity contribution in [2.45, 2.75) is 184 Å². The van der Waals surface area contributed by atoms with Crippen molar-refractivity contribution < 1.29 is 47.6 Å². The van der Waals surface area contributed by atoms with E-state index in [1.54, 1.807) is 13.8 Å². The van der Waals surface area contributed by atoms with Gasteiger partial charge >= 0.3 is 11.9 Å². The normalized spacial score (nSPS) is 12.9. The third-order valence-corrected chi connectivity index (χ3v) is 15.7. The molecule has 0 aliphatic carbocycles. The van der Waals surface area contributed by atoms with E-state index in [9.17, 15) is 19.2 Å². The smallest absolute Gasteiger partial charge is 0.344 e. The summed E-state index contributed by atoms with van der Waals surface area (Å²) < 4.78 is 37.6. The van der Waals surface area contributed by atoms with Gasteiger partial charge in [0.15, 0.2) is 26.4 Å². The highest BCUT2D eigenvalue weighted by molar-refractivity contribution is 8.01. The topological polar surface area (TPSA) is 148 Å². The number of amides is 2. The van der Waals surface area contributed by atoms with Crippen LogP contribution < -0.4 is 29.6 Å². The predicted molar refractivity (Wildman–Crippen MR) is 299 cm³/mol. The van der Waals surface area contributed by atoms with Crippen molar-refractivity contribution in [2.24, 2.45) is 0 Å². The third-order valence-electron chi connectivity index (χ3n) is 11.5. The fourth-order valence-corrected chi connectivity index (χ4v) is 12.0. The zero-order chi connectivity index (χ0) is 54.8. The maximum absolute atomic E-state index is 13.5. The van der Waals surface area contributed by atoms with Crippen molar-refractivity contribution in [2.75, 3.05) is 52.7 Å². The van der Waals surface area contributed by atoms with Gasteiger partial charge in [0, 0.05) is 13.1 Å². The number of benzene rings is 4. The minimum atomic E-state index is -0.524. The monoisotopic (exact) mass is 1090 g/mol. The highest BCUT2D eigenvalue weighted by Crippen LogP contribution is 2.56. The van der Waals surface area contributed by atoms with E-state index in [4.69, 9.17) is 28.4 Å². The van der Waals surface area contributed by atoms with Crippen molar-refractivity contribution in [3.05, 3.63) is 70.8 Å². The van der Waals surface area contributed by atoms with Crippen LogP contribution >= 0.6 is 47.0 Å². The Morgan fingerprint density at radius 3 is 0.784 bits per heavy atom. The first-order valence-corrected chi connectivity index (χ1v) is 28.7. The van der Waals surface area contributed by atoms with Crippen molar-refractivity contribution in [3.8, 4) is 23.0 Å². The minimum absolute atomic E-state index is 0.183. The molecule has 1 heterocycles. The summed E-state index contributed by atoms with van der Waals surface area (Å²) in [5, 5.41) is 5.93. The summed E-state index contributed by atoms with van der Waals surface area (Å²) in [4.78, 5) is 59.0. The Morgan fingerprint density at radius 1 is 0.378 bits per heavy atom. The number of hydrogen-bond donors (Lipinski definition) is 2. The minimum Gasteiger partial charge on any atom is -0.481 e. The Labute approximate surface area is 457 Å². The Kier molecular flexibility index (Phi) is 21.1.